The average molecular weight is 226 g/mol. The molecular formula is C13H20ClN. The smallest absolute Gasteiger partial charge is 0.0911 e. The third-order valence-corrected chi connectivity index (χ3v) is 2.13. The molecule has 1 aromatic carbocycles. The van der Waals surface area contributed by atoms with Gasteiger partial charge in [-0.2, -0.15) is 0 Å². The van der Waals surface area contributed by atoms with Crippen molar-refractivity contribution in [3.63, 3.8) is 0 Å². The normalized spacial score (nSPS) is 9.20. The first-order valence-corrected chi connectivity index (χ1v) is 5.29. The fourth-order valence-electron chi connectivity index (χ4n) is 1.39. The van der Waals surface area contributed by atoms with E-state index in [-0.39, 0.29) is 12.4 Å². The van der Waals surface area contributed by atoms with Crippen LogP contribution in [0.25, 0.3) is 0 Å². The maximum atomic E-state index is 2.26. The highest BCUT2D eigenvalue weighted by Gasteiger charge is 1.92. The van der Waals surface area contributed by atoms with Crippen LogP contribution in [0.4, 0.5) is 0 Å². The number of nitrogens with two attached hydrogens (primary N) is 1. The van der Waals surface area contributed by atoms with E-state index in [0.717, 1.165) is 0 Å². The fourth-order valence-corrected chi connectivity index (χ4v) is 1.39. The maximum absolute atomic E-state index is 2.26. The number of aryl methyl sites for hydroxylation is 1. The fraction of sp³-hybridized carbons (Fsp3) is 0.385. The SMILES string of the molecule is CC(C)=C[NH2+]CCCc1ccccc1.[Cl-]. The van der Waals surface area contributed by atoms with Crippen molar-refractivity contribution in [3.05, 3.63) is 47.7 Å². The highest BCUT2D eigenvalue weighted by atomic mass is 35.5. The van der Waals surface area contributed by atoms with Crippen molar-refractivity contribution in [1.82, 2.24) is 0 Å². The molecule has 0 heterocycles. The summed E-state index contributed by atoms with van der Waals surface area (Å²) >= 11 is 0. The lowest BCUT2D eigenvalue weighted by Crippen LogP contribution is -3.00. The highest BCUT2D eigenvalue weighted by Crippen LogP contribution is 2.00. The number of quaternary nitrogens is 1. The van der Waals surface area contributed by atoms with E-state index in [2.05, 4.69) is 55.7 Å². The van der Waals surface area contributed by atoms with Gasteiger partial charge in [0.15, 0.2) is 0 Å². The Morgan fingerprint density at radius 2 is 1.87 bits per heavy atom. The van der Waals surface area contributed by atoms with E-state index < -0.39 is 0 Å². The molecule has 1 nitrogen and oxygen atoms in total. The highest BCUT2D eigenvalue weighted by molar-refractivity contribution is 5.14. The summed E-state index contributed by atoms with van der Waals surface area (Å²) in [7, 11) is 0. The van der Waals surface area contributed by atoms with Gasteiger partial charge in [0, 0.05) is 6.42 Å². The molecule has 0 spiro atoms. The molecule has 2 N–H and O–H groups in total. The zero-order valence-electron chi connectivity index (χ0n) is 9.54. The molecule has 15 heavy (non-hydrogen) atoms. The summed E-state index contributed by atoms with van der Waals surface area (Å²) in [6.45, 7) is 5.45. The summed E-state index contributed by atoms with van der Waals surface area (Å²) in [6, 6.07) is 10.7. The summed E-state index contributed by atoms with van der Waals surface area (Å²) in [5.74, 6) is 0. The van der Waals surface area contributed by atoms with Gasteiger partial charge in [-0.1, -0.05) is 30.3 Å². The van der Waals surface area contributed by atoms with Crippen molar-refractivity contribution in [2.45, 2.75) is 26.7 Å². The minimum atomic E-state index is 0. The van der Waals surface area contributed by atoms with Crippen LogP contribution in [-0.4, -0.2) is 6.54 Å². The van der Waals surface area contributed by atoms with Gasteiger partial charge in [-0.25, -0.2) is 0 Å². The number of rotatable bonds is 5. The number of benzene rings is 1. The molecule has 1 rings (SSSR count). The predicted molar refractivity (Wildman–Crippen MR) is 61.0 cm³/mol. The van der Waals surface area contributed by atoms with Crippen molar-refractivity contribution in [3.8, 4) is 0 Å². The second-order valence-electron chi connectivity index (χ2n) is 3.86. The van der Waals surface area contributed by atoms with Crippen LogP contribution in [0.5, 0.6) is 0 Å². The van der Waals surface area contributed by atoms with E-state index in [1.165, 1.54) is 30.5 Å². The number of hydrogen-bond donors (Lipinski definition) is 1. The topological polar surface area (TPSA) is 16.6 Å². The van der Waals surface area contributed by atoms with Gasteiger partial charge in [0.25, 0.3) is 0 Å². The van der Waals surface area contributed by atoms with Gasteiger partial charge in [-0.15, -0.1) is 0 Å². The molecule has 0 radical (unpaired) electrons. The Morgan fingerprint density at radius 3 is 2.47 bits per heavy atom. The van der Waals surface area contributed by atoms with Crippen LogP contribution in [0, 0.1) is 0 Å². The van der Waals surface area contributed by atoms with Gasteiger partial charge in [0.2, 0.25) is 0 Å². The van der Waals surface area contributed by atoms with Crippen LogP contribution in [0.3, 0.4) is 0 Å². The Hall–Kier alpha value is -0.790. The van der Waals surface area contributed by atoms with Crippen LogP contribution in [-0.2, 0) is 6.42 Å². The van der Waals surface area contributed by atoms with Crippen molar-refractivity contribution >= 4 is 0 Å². The lowest BCUT2D eigenvalue weighted by molar-refractivity contribution is -0.588. The standard InChI is InChI=1S/C13H19N.ClH/c1-12(2)11-14-10-6-9-13-7-4-3-5-8-13;/h3-5,7-8,11,14H,6,9-10H2,1-2H3;1H. The third-order valence-electron chi connectivity index (χ3n) is 2.13. The summed E-state index contributed by atoms with van der Waals surface area (Å²) < 4.78 is 0. The maximum Gasteiger partial charge on any atom is 0.0911 e. The van der Waals surface area contributed by atoms with Crippen LogP contribution < -0.4 is 17.7 Å². The Balaban J connectivity index is 0.00000196. The molecule has 2 heteroatoms. The lowest BCUT2D eigenvalue weighted by atomic mass is 10.1. The molecule has 0 atom stereocenters. The lowest BCUT2D eigenvalue weighted by Gasteiger charge is -1.99. The summed E-state index contributed by atoms with van der Waals surface area (Å²) in [5, 5.41) is 2.26. The summed E-state index contributed by atoms with van der Waals surface area (Å²) in [5.41, 5.74) is 2.82. The molecule has 0 amide bonds. The van der Waals surface area contributed by atoms with Crippen LogP contribution >= 0.6 is 0 Å². The molecule has 0 unspecified atom stereocenters. The molecule has 0 aliphatic carbocycles. The Morgan fingerprint density at radius 1 is 1.20 bits per heavy atom. The monoisotopic (exact) mass is 225 g/mol. The van der Waals surface area contributed by atoms with Gasteiger partial charge in [0.1, 0.15) is 0 Å². The Labute approximate surface area is 99.0 Å². The van der Waals surface area contributed by atoms with E-state index in [9.17, 15) is 0 Å². The zero-order valence-corrected chi connectivity index (χ0v) is 10.3. The Kier molecular flexibility index (Phi) is 8.06. The van der Waals surface area contributed by atoms with Crippen LogP contribution in [0.2, 0.25) is 0 Å². The zero-order chi connectivity index (χ0) is 10.2. The molecule has 0 fully saturated rings. The van der Waals surface area contributed by atoms with Crippen molar-refractivity contribution < 1.29 is 17.7 Å². The molecule has 0 saturated heterocycles. The van der Waals surface area contributed by atoms with E-state index >= 15 is 0 Å². The largest absolute Gasteiger partial charge is 1.00 e. The van der Waals surface area contributed by atoms with E-state index in [0.29, 0.717) is 0 Å². The molecule has 0 bridgehead atoms. The quantitative estimate of drug-likeness (QED) is 0.627. The van der Waals surface area contributed by atoms with Crippen LogP contribution in [0.1, 0.15) is 25.8 Å². The second kappa shape index (κ2) is 8.51. The molecule has 0 aromatic heterocycles. The minimum Gasteiger partial charge on any atom is -1.00 e. The first-order valence-electron chi connectivity index (χ1n) is 5.29. The van der Waals surface area contributed by atoms with Gasteiger partial charge in [-0.05, 0) is 31.4 Å². The average Bonchev–Trinajstić information content (AvgIpc) is 2.18. The molecule has 0 saturated carbocycles. The molecule has 0 aliphatic heterocycles. The first-order chi connectivity index (χ1) is 6.79. The van der Waals surface area contributed by atoms with E-state index in [1.807, 2.05) is 0 Å². The number of hydrogen-bond acceptors (Lipinski definition) is 0. The van der Waals surface area contributed by atoms with Crippen molar-refractivity contribution in [2.24, 2.45) is 0 Å². The van der Waals surface area contributed by atoms with Gasteiger partial charge in [-0.3, -0.25) is 0 Å². The second-order valence-corrected chi connectivity index (χ2v) is 3.86. The third kappa shape index (κ3) is 7.18. The molecule has 84 valence electrons. The summed E-state index contributed by atoms with van der Waals surface area (Å²) in [4.78, 5) is 0. The van der Waals surface area contributed by atoms with E-state index in [1.54, 1.807) is 0 Å². The number of allylic oxidation sites excluding steroid dienone is 1. The minimum absolute atomic E-state index is 0. The Bertz CT molecular complexity index is 276. The molecule has 0 aliphatic rings. The number of halogens is 1. The molecular weight excluding hydrogens is 206 g/mol. The van der Waals surface area contributed by atoms with Crippen molar-refractivity contribution in [1.29, 1.82) is 0 Å². The van der Waals surface area contributed by atoms with Crippen LogP contribution in [0.15, 0.2) is 42.1 Å². The summed E-state index contributed by atoms with van der Waals surface area (Å²) in [6.07, 6.45) is 4.63. The van der Waals surface area contributed by atoms with Gasteiger partial charge < -0.3 is 17.7 Å². The first kappa shape index (κ1) is 14.2. The van der Waals surface area contributed by atoms with Gasteiger partial charge in [0.05, 0.1) is 12.7 Å². The molecule has 1 aromatic rings. The van der Waals surface area contributed by atoms with E-state index in [4.69, 9.17) is 0 Å². The van der Waals surface area contributed by atoms with Gasteiger partial charge >= 0.3 is 0 Å². The predicted octanol–water partition coefficient (Wildman–Crippen LogP) is -0.890. The van der Waals surface area contributed by atoms with Crippen molar-refractivity contribution in [2.75, 3.05) is 6.54 Å².